The number of aliphatic hydroxyl groups is 1. The number of anilines is 1. The topological polar surface area (TPSA) is 131 Å². The minimum absolute atomic E-state index is 0.0887. The molecule has 4 aliphatic rings. The number of nitrogens with two attached hydrogens (primary N) is 1. The van der Waals surface area contributed by atoms with Crippen LogP contribution < -0.4 is 24.7 Å². The van der Waals surface area contributed by atoms with Crippen LogP contribution in [0.5, 0.6) is 23.0 Å². The van der Waals surface area contributed by atoms with E-state index in [-0.39, 0.29) is 18.0 Å². The van der Waals surface area contributed by atoms with E-state index in [4.69, 9.17) is 29.7 Å². The van der Waals surface area contributed by atoms with Crippen molar-refractivity contribution in [3.8, 4) is 23.0 Å². The fraction of sp³-hybridized carbons (Fsp3) is 0.325. The van der Waals surface area contributed by atoms with E-state index in [0.717, 1.165) is 42.4 Å². The molecule has 3 atom stereocenters. The Morgan fingerprint density at radius 1 is 0.863 bits per heavy atom. The summed E-state index contributed by atoms with van der Waals surface area (Å²) in [4.78, 5) is 26.5. The number of nitrogen functional groups attached to an aromatic ring is 1. The second-order valence-corrected chi connectivity index (χ2v) is 13.0. The van der Waals surface area contributed by atoms with Crippen LogP contribution in [-0.4, -0.2) is 72.8 Å². The molecule has 7 rings (SSSR count). The summed E-state index contributed by atoms with van der Waals surface area (Å²) < 4.78 is 23.5. The first kappa shape index (κ1) is 33.9. The van der Waals surface area contributed by atoms with E-state index in [1.165, 1.54) is 0 Å². The summed E-state index contributed by atoms with van der Waals surface area (Å²) in [5.74, 6) is 2.06. The Morgan fingerprint density at radius 3 is 2.29 bits per heavy atom. The van der Waals surface area contributed by atoms with Crippen molar-refractivity contribution in [2.75, 3.05) is 33.2 Å². The summed E-state index contributed by atoms with van der Waals surface area (Å²) in [6.07, 6.45) is 14.6. The van der Waals surface area contributed by atoms with Gasteiger partial charge < -0.3 is 39.6 Å². The Bertz CT molecular complexity index is 1970. The first-order valence-corrected chi connectivity index (χ1v) is 17.3. The summed E-state index contributed by atoms with van der Waals surface area (Å²) in [6, 6.07) is 14.7. The molecule has 0 bridgehead atoms. The first-order chi connectivity index (χ1) is 24.9. The van der Waals surface area contributed by atoms with E-state index in [1.807, 2.05) is 85.2 Å². The SMILES string of the molecule is C/C=C/C1=CN2C(=O)c3cc(OC)c(OCCCCCOc4cc5c(cc4OC)C(O)N4C=C(c6cccc(N)c6)C[C@H]4C=N5)cc3N=C[C@@H]2C1. The van der Waals surface area contributed by atoms with Gasteiger partial charge >= 0.3 is 0 Å². The van der Waals surface area contributed by atoms with Gasteiger partial charge in [0.1, 0.15) is 0 Å². The molecule has 0 saturated heterocycles. The molecule has 51 heavy (non-hydrogen) atoms. The van der Waals surface area contributed by atoms with Gasteiger partial charge in [0.25, 0.3) is 5.91 Å². The van der Waals surface area contributed by atoms with Crippen LogP contribution in [0.1, 0.15) is 66.7 Å². The smallest absolute Gasteiger partial charge is 0.260 e. The molecule has 4 heterocycles. The normalized spacial score (nSPS) is 20.2. The van der Waals surface area contributed by atoms with Crippen LogP contribution in [0.15, 0.2) is 88.6 Å². The van der Waals surface area contributed by atoms with Gasteiger partial charge in [-0.3, -0.25) is 14.8 Å². The molecule has 3 aromatic carbocycles. The van der Waals surface area contributed by atoms with Crippen LogP contribution in [0.4, 0.5) is 17.1 Å². The minimum atomic E-state index is -0.898. The molecule has 1 amide bonds. The van der Waals surface area contributed by atoms with Crippen LogP contribution in [0, 0.1) is 0 Å². The predicted molar refractivity (Wildman–Crippen MR) is 199 cm³/mol. The molecular weight excluding hydrogens is 646 g/mol. The Kier molecular flexibility index (Phi) is 9.81. The van der Waals surface area contributed by atoms with E-state index in [2.05, 4.69) is 4.99 Å². The Morgan fingerprint density at radius 2 is 1.57 bits per heavy atom. The molecule has 0 aliphatic carbocycles. The monoisotopic (exact) mass is 689 g/mol. The zero-order valence-corrected chi connectivity index (χ0v) is 29.1. The van der Waals surface area contributed by atoms with Crippen molar-refractivity contribution in [1.82, 2.24) is 9.80 Å². The number of amides is 1. The van der Waals surface area contributed by atoms with Gasteiger partial charge in [-0.1, -0.05) is 24.3 Å². The number of fused-ring (bicyclic) bond motifs is 4. The van der Waals surface area contributed by atoms with Crippen LogP contribution in [0.2, 0.25) is 0 Å². The fourth-order valence-electron chi connectivity index (χ4n) is 6.93. The maximum absolute atomic E-state index is 13.4. The van der Waals surface area contributed by atoms with Crippen molar-refractivity contribution < 1.29 is 28.8 Å². The summed E-state index contributed by atoms with van der Waals surface area (Å²) in [5.41, 5.74) is 12.3. The van der Waals surface area contributed by atoms with E-state index in [9.17, 15) is 9.90 Å². The van der Waals surface area contributed by atoms with Gasteiger partial charge in [-0.15, -0.1) is 0 Å². The second kappa shape index (κ2) is 14.7. The van der Waals surface area contributed by atoms with Gasteiger partial charge in [0.15, 0.2) is 29.2 Å². The van der Waals surface area contributed by atoms with Gasteiger partial charge in [0.2, 0.25) is 0 Å². The number of hydrogen-bond acceptors (Lipinski definition) is 10. The van der Waals surface area contributed by atoms with Gasteiger partial charge in [-0.2, -0.15) is 0 Å². The van der Waals surface area contributed by atoms with Gasteiger partial charge in [0.05, 0.1) is 56.5 Å². The molecular formula is C40H43N5O6. The zero-order chi connectivity index (χ0) is 35.5. The van der Waals surface area contributed by atoms with Crippen LogP contribution in [0.25, 0.3) is 5.57 Å². The predicted octanol–water partition coefficient (Wildman–Crippen LogP) is 7.13. The van der Waals surface area contributed by atoms with E-state index in [0.29, 0.717) is 70.8 Å². The number of hydrogen-bond donors (Lipinski definition) is 2. The molecule has 3 N–H and O–H groups in total. The molecule has 0 radical (unpaired) electrons. The van der Waals surface area contributed by atoms with Gasteiger partial charge in [-0.05, 0) is 80.0 Å². The lowest BCUT2D eigenvalue weighted by atomic mass is 10.0. The number of nitrogens with zero attached hydrogens (tertiary/aromatic N) is 4. The van der Waals surface area contributed by atoms with Gasteiger partial charge in [-0.25, -0.2) is 0 Å². The molecule has 0 saturated carbocycles. The van der Waals surface area contributed by atoms with E-state index >= 15 is 0 Å². The molecule has 11 heteroatoms. The largest absolute Gasteiger partial charge is 0.493 e. The summed E-state index contributed by atoms with van der Waals surface area (Å²) in [5, 5.41) is 11.4. The number of allylic oxidation sites excluding steroid dienone is 2. The molecule has 264 valence electrons. The van der Waals surface area contributed by atoms with E-state index in [1.54, 1.807) is 31.3 Å². The number of aliphatic hydroxyl groups excluding tert-OH is 1. The van der Waals surface area contributed by atoms with Crippen molar-refractivity contribution in [3.05, 3.63) is 95.3 Å². The maximum Gasteiger partial charge on any atom is 0.260 e. The second-order valence-electron chi connectivity index (χ2n) is 13.0. The molecule has 4 aliphatic heterocycles. The maximum atomic E-state index is 13.4. The van der Waals surface area contributed by atoms with Crippen molar-refractivity contribution in [2.45, 2.75) is 57.3 Å². The van der Waals surface area contributed by atoms with Crippen molar-refractivity contribution in [2.24, 2.45) is 9.98 Å². The number of benzene rings is 3. The number of carbonyl (C=O) groups excluding carboxylic acids is 1. The Balaban J connectivity index is 0.930. The number of ether oxygens (including phenoxy) is 4. The number of methoxy groups -OCH3 is 2. The quantitative estimate of drug-likeness (QED) is 0.152. The lowest BCUT2D eigenvalue weighted by molar-refractivity contribution is 0.0336. The highest BCUT2D eigenvalue weighted by Crippen LogP contribution is 2.44. The number of aliphatic imine (C=N–C) groups is 2. The third kappa shape index (κ3) is 6.94. The highest BCUT2D eigenvalue weighted by molar-refractivity contribution is 6.04. The minimum Gasteiger partial charge on any atom is -0.493 e. The molecule has 0 aromatic heterocycles. The van der Waals surface area contributed by atoms with Crippen LogP contribution in [-0.2, 0) is 0 Å². The molecule has 1 unspecified atom stereocenters. The van der Waals surface area contributed by atoms with Crippen molar-refractivity contribution in [3.63, 3.8) is 0 Å². The van der Waals surface area contributed by atoms with E-state index < -0.39 is 6.23 Å². The average Bonchev–Trinajstić information content (AvgIpc) is 3.70. The molecule has 0 fully saturated rings. The highest BCUT2D eigenvalue weighted by Gasteiger charge is 2.34. The zero-order valence-electron chi connectivity index (χ0n) is 29.1. The average molecular weight is 690 g/mol. The van der Waals surface area contributed by atoms with Gasteiger partial charge in [0, 0.05) is 48.2 Å². The lowest BCUT2D eigenvalue weighted by Gasteiger charge is -2.27. The fourth-order valence-corrected chi connectivity index (χ4v) is 6.93. The molecule has 0 spiro atoms. The third-order valence-electron chi connectivity index (χ3n) is 9.56. The highest BCUT2D eigenvalue weighted by atomic mass is 16.5. The summed E-state index contributed by atoms with van der Waals surface area (Å²) in [7, 11) is 3.16. The third-order valence-corrected chi connectivity index (χ3v) is 9.56. The van der Waals surface area contributed by atoms with Crippen molar-refractivity contribution >= 4 is 41.0 Å². The molecule has 3 aromatic rings. The number of unbranched alkanes of at least 4 members (excludes halogenated alkanes) is 2. The summed E-state index contributed by atoms with van der Waals surface area (Å²) in [6.45, 7) is 2.91. The molecule has 11 nitrogen and oxygen atoms in total. The number of carbonyl (C=O) groups is 1. The first-order valence-electron chi connectivity index (χ1n) is 17.3. The standard InChI is InChI=1S/C40H43N5O6/c1-4-9-25-14-29-21-42-33-19-37(35(48-2)17-31(33)39(46)44(29)23-25)50-12-6-5-7-13-51-38-20-34-32(18-36(38)49-3)40(47)45-24-27(16-30(45)22-43-34)26-10-8-11-28(41)15-26/h4,8-11,15,17-24,29-30,40,47H,5-7,12-14,16,41H2,1-3H3/b9-4+/t29-,30-,40?/m0/s1. The lowest BCUT2D eigenvalue weighted by Crippen LogP contribution is -2.32. The van der Waals surface area contributed by atoms with Crippen LogP contribution >= 0.6 is 0 Å². The Labute approximate surface area is 298 Å². The van der Waals surface area contributed by atoms with Crippen molar-refractivity contribution in [1.29, 1.82) is 0 Å². The number of rotatable bonds is 12. The summed E-state index contributed by atoms with van der Waals surface area (Å²) >= 11 is 0. The van der Waals surface area contributed by atoms with Crippen LogP contribution in [0.3, 0.4) is 0 Å². The Hall–Kier alpha value is -5.55.